The standard InChI is InChI=1S/C11H22NO7P/c1-11(2,3)19-10(13)12-5-6-17-20(14,15-4)18-8-9-7-16-9/h9H,5-8H2,1-4H3,(H,12,13)/t9-,20?/m0/s1. The Morgan fingerprint density at radius 2 is 2.05 bits per heavy atom. The van der Waals surface area contributed by atoms with Crippen LogP contribution in [0.3, 0.4) is 0 Å². The minimum absolute atomic E-state index is 0.0180. The quantitative estimate of drug-likeness (QED) is 0.414. The summed E-state index contributed by atoms with van der Waals surface area (Å²) in [5, 5.41) is 2.47. The third-order valence-corrected chi connectivity index (χ3v) is 3.48. The Kier molecular flexibility index (Phi) is 6.42. The van der Waals surface area contributed by atoms with Crippen molar-refractivity contribution >= 4 is 13.9 Å². The highest BCUT2D eigenvalue weighted by Crippen LogP contribution is 2.48. The maximum Gasteiger partial charge on any atom is 0.474 e. The van der Waals surface area contributed by atoms with E-state index in [2.05, 4.69) is 5.32 Å². The maximum absolute atomic E-state index is 11.9. The molecule has 1 amide bonds. The molecule has 1 unspecified atom stereocenters. The summed E-state index contributed by atoms with van der Waals surface area (Å²) in [5.41, 5.74) is -0.569. The summed E-state index contributed by atoms with van der Waals surface area (Å²) in [5.74, 6) is 0. The molecule has 118 valence electrons. The number of rotatable bonds is 8. The second-order valence-electron chi connectivity index (χ2n) is 5.14. The lowest BCUT2D eigenvalue weighted by molar-refractivity contribution is 0.0510. The van der Waals surface area contributed by atoms with E-state index in [4.69, 9.17) is 23.0 Å². The molecular formula is C11H22NO7P. The summed E-state index contributed by atoms with van der Waals surface area (Å²) in [7, 11) is -2.36. The van der Waals surface area contributed by atoms with E-state index in [1.54, 1.807) is 20.8 Å². The van der Waals surface area contributed by atoms with Crippen LogP contribution in [-0.4, -0.2) is 51.3 Å². The highest BCUT2D eigenvalue weighted by molar-refractivity contribution is 7.48. The van der Waals surface area contributed by atoms with Gasteiger partial charge in [0, 0.05) is 13.7 Å². The molecule has 1 fully saturated rings. The van der Waals surface area contributed by atoms with Crippen LogP contribution in [0.5, 0.6) is 0 Å². The predicted molar refractivity (Wildman–Crippen MR) is 70.5 cm³/mol. The van der Waals surface area contributed by atoms with Crippen molar-refractivity contribution in [3.05, 3.63) is 0 Å². The van der Waals surface area contributed by atoms with E-state index in [1.165, 1.54) is 7.11 Å². The molecular weight excluding hydrogens is 289 g/mol. The summed E-state index contributed by atoms with van der Waals surface area (Å²) in [4.78, 5) is 11.3. The normalized spacial score (nSPS) is 21.1. The van der Waals surface area contributed by atoms with Gasteiger partial charge in [0.15, 0.2) is 0 Å². The SMILES string of the molecule is COP(=O)(OCCNC(=O)OC(C)(C)C)OC[C@@H]1CO1. The van der Waals surface area contributed by atoms with Gasteiger partial charge in [-0.3, -0.25) is 13.6 Å². The molecule has 0 aromatic heterocycles. The second-order valence-corrected chi connectivity index (χ2v) is 6.92. The molecule has 0 aliphatic carbocycles. The molecule has 1 aliphatic rings. The van der Waals surface area contributed by atoms with Gasteiger partial charge in [0.1, 0.15) is 11.7 Å². The number of amides is 1. The van der Waals surface area contributed by atoms with Crippen LogP contribution >= 0.6 is 7.82 Å². The number of hydrogen-bond donors (Lipinski definition) is 1. The van der Waals surface area contributed by atoms with E-state index < -0.39 is 19.5 Å². The van der Waals surface area contributed by atoms with Crippen molar-refractivity contribution in [1.29, 1.82) is 0 Å². The van der Waals surface area contributed by atoms with E-state index >= 15 is 0 Å². The van der Waals surface area contributed by atoms with Crippen LogP contribution in [0.4, 0.5) is 4.79 Å². The molecule has 0 bridgehead atoms. The summed E-state index contributed by atoms with van der Waals surface area (Å²) < 4.78 is 36.6. The molecule has 0 saturated carbocycles. The molecule has 0 aromatic rings. The van der Waals surface area contributed by atoms with Crippen molar-refractivity contribution in [2.45, 2.75) is 32.5 Å². The molecule has 0 spiro atoms. The summed E-state index contributed by atoms with van der Waals surface area (Å²) >= 11 is 0. The minimum atomic E-state index is -3.59. The van der Waals surface area contributed by atoms with Gasteiger partial charge in [-0.15, -0.1) is 0 Å². The van der Waals surface area contributed by atoms with Crippen molar-refractivity contribution in [3.8, 4) is 0 Å². The number of ether oxygens (including phenoxy) is 2. The first kappa shape index (κ1) is 17.4. The molecule has 0 aromatic carbocycles. The van der Waals surface area contributed by atoms with Crippen LogP contribution in [0.1, 0.15) is 20.8 Å². The molecule has 1 aliphatic heterocycles. The van der Waals surface area contributed by atoms with E-state index in [9.17, 15) is 9.36 Å². The Labute approximate surface area is 118 Å². The van der Waals surface area contributed by atoms with Gasteiger partial charge >= 0.3 is 13.9 Å². The fourth-order valence-corrected chi connectivity index (χ4v) is 2.06. The molecule has 2 atom stereocenters. The molecule has 0 radical (unpaired) electrons. The van der Waals surface area contributed by atoms with Gasteiger partial charge < -0.3 is 14.8 Å². The zero-order chi connectivity index (χ0) is 15.2. The van der Waals surface area contributed by atoms with Crippen LogP contribution < -0.4 is 5.32 Å². The largest absolute Gasteiger partial charge is 0.474 e. The van der Waals surface area contributed by atoms with Crippen molar-refractivity contribution in [3.63, 3.8) is 0 Å². The third kappa shape index (κ3) is 7.81. The Morgan fingerprint density at radius 3 is 2.55 bits per heavy atom. The lowest BCUT2D eigenvalue weighted by atomic mass is 10.2. The van der Waals surface area contributed by atoms with Gasteiger partial charge in [0.25, 0.3) is 0 Å². The van der Waals surface area contributed by atoms with Gasteiger partial charge in [-0.1, -0.05) is 0 Å². The van der Waals surface area contributed by atoms with Gasteiger partial charge in [-0.25, -0.2) is 9.36 Å². The fraction of sp³-hybridized carbons (Fsp3) is 0.909. The Bertz CT molecular complexity index is 364. The number of carbonyl (C=O) groups excluding carboxylic acids is 1. The van der Waals surface area contributed by atoms with E-state index in [0.717, 1.165) is 0 Å². The fourth-order valence-electron chi connectivity index (χ4n) is 1.11. The number of phosphoric ester groups is 1. The maximum atomic E-state index is 11.9. The smallest absolute Gasteiger partial charge is 0.444 e. The van der Waals surface area contributed by atoms with E-state index in [1.807, 2.05) is 0 Å². The summed E-state index contributed by atoms with van der Waals surface area (Å²) in [6.45, 7) is 6.14. The third-order valence-electron chi connectivity index (χ3n) is 2.06. The van der Waals surface area contributed by atoms with Crippen molar-refractivity contribution in [1.82, 2.24) is 5.32 Å². The topological polar surface area (TPSA) is 95.6 Å². The number of epoxide rings is 1. The van der Waals surface area contributed by atoms with Gasteiger partial charge in [0.2, 0.25) is 0 Å². The summed E-state index contributed by atoms with van der Waals surface area (Å²) in [6, 6.07) is 0. The van der Waals surface area contributed by atoms with Crippen molar-refractivity contribution < 1.29 is 32.4 Å². The Hall–Kier alpha value is -0.660. The number of nitrogens with one attached hydrogen (secondary N) is 1. The first-order chi connectivity index (χ1) is 9.24. The zero-order valence-corrected chi connectivity index (χ0v) is 13.1. The van der Waals surface area contributed by atoms with Crippen LogP contribution in [0.2, 0.25) is 0 Å². The van der Waals surface area contributed by atoms with Gasteiger partial charge in [-0.2, -0.15) is 0 Å². The lowest BCUT2D eigenvalue weighted by Gasteiger charge is -2.20. The van der Waals surface area contributed by atoms with Crippen LogP contribution in [0.25, 0.3) is 0 Å². The molecule has 1 rings (SSSR count). The number of alkyl carbamates (subject to hydrolysis) is 1. The average molecular weight is 311 g/mol. The first-order valence-corrected chi connectivity index (χ1v) is 7.73. The second kappa shape index (κ2) is 7.38. The van der Waals surface area contributed by atoms with E-state index in [-0.39, 0.29) is 25.9 Å². The molecule has 9 heteroatoms. The van der Waals surface area contributed by atoms with Gasteiger partial charge in [-0.05, 0) is 20.8 Å². The van der Waals surface area contributed by atoms with Gasteiger partial charge in [0.05, 0.1) is 19.8 Å². The highest BCUT2D eigenvalue weighted by Gasteiger charge is 2.31. The Morgan fingerprint density at radius 1 is 1.40 bits per heavy atom. The number of phosphoric acid groups is 1. The van der Waals surface area contributed by atoms with Crippen LogP contribution in [0.15, 0.2) is 0 Å². The molecule has 8 nitrogen and oxygen atoms in total. The van der Waals surface area contributed by atoms with Crippen LogP contribution in [-0.2, 0) is 27.6 Å². The lowest BCUT2D eigenvalue weighted by Crippen LogP contribution is -2.34. The van der Waals surface area contributed by atoms with Crippen molar-refractivity contribution in [2.75, 3.05) is 33.5 Å². The first-order valence-electron chi connectivity index (χ1n) is 6.27. The monoisotopic (exact) mass is 311 g/mol. The predicted octanol–water partition coefficient (Wildman–Crippen LogP) is 1.70. The molecule has 1 heterocycles. The molecule has 20 heavy (non-hydrogen) atoms. The summed E-state index contributed by atoms with van der Waals surface area (Å²) in [6.07, 6.45) is -0.609. The average Bonchev–Trinajstić information content (AvgIpc) is 3.14. The highest BCUT2D eigenvalue weighted by atomic mass is 31.2. The number of carbonyl (C=O) groups is 1. The molecule has 1 N–H and O–H groups in total. The van der Waals surface area contributed by atoms with Crippen LogP contribution in [0, 0.1) is 0 Å². The zero-order valence-electron chi connectivity index (χ0n) is 12.2. The van der Waals surface area contributed by atoms with Crippen molar-refractivity contribution in [2.24, 2.45) is 0 Å². The Balaban J connectivity index is 2.17. The van der Waals surface area contributed by atoms with E-state index in [0.29, 0.717) is 6.61 Å². The minimum Gasteiger partial charge on any atom is -0.444 e. The molecule has 1 saturated heterocycles. The number of hydrogen-bond acceptors (Lipinski definition) is 7.